The van der Waals surface area contributed by atoms with Crippen LogP contribution in [0.2, 0.25) is 0 Å². The van der Waals surface area contributed by atoms with Crippen LogP contribution in [-0.4, -0.2) is 37.8 Å². The summed E-state index contributed by atoms with van der Waals surface area (Å²) < 4.78 is 21.1. The van der Waals surface area contributed by atoms with Gasteiger partial charge in [0, 0.05) is 12.8 Å². The number of nitrogens with one attached hydrogen (secondary N) is 2. The molecule has 0 aliphatic carbocycles. The minimum absolute atomic E-state index is 0.146. The van der Waals surface area contributed by atoms with E-state index in [1.54, 1.807) is 36.7 Å². The van der Waals surface area contributed by atoms with Crippen LogP contribution in [0.25, 0.3) is 0 Å². The summed E-state index contributed by atoms with van der Waals surface area (Å²) in [5, 5.41) is 7.94. The number of fused-ring (bicyclic) bond motifs is 2. The van der Waals surface area contributed by atoms with Gasteiger partial charge in [-0.05, 0) is 60.4 Å². The molecule has 4 rings (SSSR count). The maximum atomic E-state index is 11.9. The van der Waals surface area contributed by atoms with Crippen LogP contribution in [0.3, 0.4) is 0 Å². The molecule has 0 saturated carbocycles. The minimum Gasteiger partial charge on any atom is -0.454 e. The Balaban J connectivity index is 1.03. The van der Waals surface area contributed by atoms with Gasteiger partial charge >= 0.3 is 0 Å². The van der Waals surface area contributed by atoms with Crippen molar-refractivity contribution in [1.29, 1.82) is 0 Å². The van der Waals surface area contributed by atoms with Crippen molar-refractivity contribution in [3.63, 3.8) is 0 Å². The number of hydrazone groups is 2. The van der Waals surface area contributed by atoms with Crippen LogP contribution in [0.5, 0.6) is 23.0 Å². The predicted molar refractivity (Wildman–Crippen MR) is 124 cm³/mol. The number of amides is 2. The Bertz CT molecular complexity index is 1000. The molecule has 2 amide bonds. The highest BCUT2D eigenvalue weighted by atomic mass is 16.7. The molecule has 34 heavy (non-hydrogen) atoms. The summed E-state index contributed by atoms with van der Waals surface area (Å²) in [5.41, 5.74) is 6.66. The summed E-state index contributed by atoms with van der Waals surface area (Å²) in [5.74, 6) is 2.45. The molecule has 2 aliphatic rings. The molecule has 2 aliphatic heterocycles. The fourth-order valence-electron chi connectivity index (χ4n) is 3.38. The molecular weight excluding hydrogens is 440 g/mol. The molecule has 0 saturated heterocycles. The van der Waals surface area contributed by atoms with Gasteiger partial charge < -0.3 is 18.9 Å². The molecule has 2 N–H and O–H groups in total. The molecule has 10 heteroatoms. The van der Waals surface area contributed by atoms with E-state index >= 15 is 0 Å². The topological polar surface area (TPSA) is 120 Å². The third-order valence-corrected chi connectivity index (χ3v) is 5.16. The molecule has 0 radical (unpaired) electrons. The van der Waals surface area contributed by atoms with Crippen LogP contribution in [0.1, 0.15) is 49.7 Å². The van der Waals surface area contributed by atoms with E-state index in [-0.39, 0.29) is 25.4 Å². The van der Waals surface area contributed by atoms with Crippen molar-refractivity contribution in [2.45, 2.75) is 38.5 Å². The first-order chi connectivity index (χ1) is 16.7. The molecule has 0 spiro atoms. The van der Waals surface area contributed by atoms with E-state index in [4.69, 9.17) is 18.9 Å². The maximum Gasteiger partial charge on any atom is 0.240 e. The van der Waals surface area contributed by atoms with Crippen molar-refractivity contribution in [2.24, 2.45) is 10.2 Å². The Hall–Kier alpha value is -4.08. The fraction of sp³-hybridized carbons (Fsp3) is 0.333. The lowest BCUT2D eigenvalue weighted by Gasteiger charge is -2.02. The van der Waals surface area contributed by atoms with Crippen LogP contribution in [0.15, 0.2) is 46.6 Å². The van der Waals surface area contributed by atoms with Crippen LogP contribution in [-0.2, 0) is 9.59 Å². The number of rotatable bonds is 11. The van der Waals surface area contributed by atoms with Crippen molar-refractivity contribution < 1.29 is 28.5 Å². The number of nitrogens with zero attached hydrogens (tertiary/aromatic N) is 2. The van der Waals surface area contributed by atoms with Gasteiger partial charge in [-0.3, -0.25) is 9.59 Å². The monoisotopic (exact) mass is 466 g/mol. The highest BCUT2D eigenvalue weighted by Crippen LogP contribution is 2.32. The second kappa shape index (κ2) is 11.7. The lowest BCUT2D eigenvalue weighted by Crippen LogP contribution is -2.17. The van der Waals surface area contributed by atoms with Gasteiger partial charge in [0.1, 0.15) is 0 Å². The summed E-state index contributed by atoms with van der Waals surface area (Å²) in [7, 11) is 0. The summed E-state index contributed by atoms with van der Waals surface area (Å²) >= 11 is 0. The minimum atomic E-state index is -0.146. The summed E-state index contributed by atoms with van der Waals surface area (Å²) in [6.45, 7) is 0.432. The van der Waals surface area contributed by atoms with Crippen molar-refractivity contribution in [3.05, 3.63) is 47.5 Å². The summed E-state index contributed by atoms with van der Waals surface area (Å²) in [6.07, 6.45) is 7.06. The maximum absolute atomic E-state index is 11.9. The van der Waals surface area contributed by atoms with Gasteiger partial charge in [-0.2, -0.15) is 10.2 Å². The molecule has 0 unspecified atom stereocenters. The molecule has 0 bridgehead atoms. The average molecular weight is 466 g/mol. The van der Waals surface area contributed by atoms with E-state index in [2.05, 4.69) is 21.1 Å². The third-order valence-electron chi connectivity index (χ3n) is 5.16. The average Bonchev–Trinajstić information content (AvgIpc) is 3.50. The van der Waals surface area contributed by atoms with Crippen LogP contribution < -0.4 is 29.8 Å². The normalized spacial score (nSPS) is 13.5. The summed E-state index contributed by atoms with van der Waals surface area (Å²) in [4.78, 5) is 23.8. The molecule has 2 aromatic rings. The van der Waals surface area contributed by atoms with E-state index < -0.39 is 0 Å². The van der Waals surface area contributed by atoms with Crippen LogP contribution in [0.4, 0.5) is 0 Å². The number of carbonyl (C=O) groups excluding carboxylic acids is 2. The Kier molecular flexibility index (Phi) is 7.94. The Morgan fingerprint density at radius 1 is 0.676 bits per heavy atom. The zero-order chi connectivity index (χ0) is 23.6. The van der Waals surface area contributed by atoms with Gasteiger partial charge in [-0.1, -0.05) is 12.8 Å². The van der Waals surface area contributed by atoms with E-state index in [0.717, 1.165) is 36.8 Å². The van der Waals surface area contributed by atoms with Crippen molar-refractivity contribution in [2.75, 3.05) is 13.6 Å². The largest absolute Gasteiger partial charge is 0.454 e. The first-order valence-corrected chi connectivity index (χ1v) is 11.1. The number of benzene rings is 2. The van der Waals surface area contributed by atoms with E-state index in [0.29, 0.717) is 35.8 Å². The molecule has 0 fully saturated rings. The van der Waals surface area contributed by atoms with E-state index in [1.807, 2.05) is 12.1 Å². The quantitative estimate of drug-likeness (QED) is 0.298. The first-order valence-electron chi connectivity index (χ1n) is 11.1. The highest BCUT2D eigenvalue weighted by molar-refractivity contribution is 5.84. The number of hydrogen-bond acceptors (Lipinski definition) is 8. The van der Waals surface area contributed by atoms with Gasteiger partial charge in [0.25, 0.3) is 0 Å². The molecular formula is C24H26N4O6. The van der Waals surface area contributed by atoms with Crippen molar-refractivity contribution >= 4 is 24.2 Å². The number of carbonyl (C=O) groups is 2. The Morgan fingerprint density at radius 3 is 1.59 bits per heavy atom. The van der Waals surface area contributed by atoms with E-state index in [9.17, 15) is 9.59 Å². The van der Waals surface area contributed by atoms with Gasteiger partial charge in [-0.25, -0.2) is 10.9 Å². The third kappa shape index (κ3) is 6.71. The fourth-order valence-corrected chi connectivity index (χ4v) is 3.38. The van der Waals surface area contributed by atoms with Gasteiger partial charge in [0.2, 0.25) is 25.4 Å². The SMILES string of the molecule is O=C(CCCCCCC(=O)N/N=C/c1ccc2c(c1)OCO2)N/N=C/c1ccc2c(c1)OCO2. The molecule has 2 heterocycles. The standard InChI is InChI=1S/C24H26N4O6/c29-23(27-25-13-17-7-9-19-21(11-17)33-15-31-19)5-3-1-2-4-6-24(30)28-26-14-18-8-10-20-22(12-18)34-16-32-20/h7-14H,1-6,15-16H2,(H,27,29)(H,28,30)/b25-13+,26-14+. The van der Waals surface area contributed by atoms with Gasteiger partial charge in [-0.15, -0.1) is 0 Å². The second-order valence-corrected chi connectivity index (χ2v) is 7.73. The lowest BCUT2D eigenvalue weighted by atomic mass is 10.1. The number of hydrogen-bond donors (Lipinski definition) is 2. The zero-order valence-electron chi connectivity index (χ0n) is 18.6. The molecule has 10 nitrogen and oxygen atoms in total. The predicted octanol–water partition coefficient (Wildman–Crippen LogP) is 3.09. The lowest BCUT2D eigenvalue weighted by molar-refractivity contribution is -0.122. The molecule has 0 atom stereocenters. The second-order valence-electron chi connectivity index (χ2n) is 7.73. The smallest absolute Gasteiger partial charge is 0.240 e. The Morgan fingerprint density at radius 2 is 1.12 bits per heavy atom. The molecule has 0 aromatic heterocycles. The summed E-state index contributed by atoms with van der Waals surface area (Å²) in [6, 6.07) is 10.9. The molecule has 2 aromatic carbocycles. The van der Waals surface area contributed by atoms with Crippen molar-refractivity contribution in [1.82, 2.24) is 10.9 Å². The Labute approximate surface area is 196 Å². The zero-order valence-corrected chi connectivity index (χ0v) is 18.6. The van der Waals surface area contributed by atoms with Crippen LogP contribution >= 0.6 is 0 Å². The van der Waals surface area contributed by atoms with Crippen LogP contribution in [0, 0.1) is 0 Å². The van der Waals surface area contributed by atoms with E-state index in [1.165, 1.54) is 0 Å². The van der Waals surface area contributed by atoms with Crippen molar-refractivity contribution in [3.8, 4) is 23.0 Å². The number of ether oxygens (including phenoxy) is 4. The highest BCUT2D eigenvalue weighted by Gasteiger charge is 2.13. The molecule has 178 valence electrons. The first kappa shape index (κ1) is 23.1. The number of unbranched alkanes of at least 4 members (excludes halogenated alkanes) is 3. The van der Waals surface area contributed by atoms with Gasteiger partial charge in [0.05, 0.1) is 12.4 Å². The van der Waals surface area contributed by atoms with Gasteiger partial charge in [0.15, 0.2) is 23.0 Å².